The summed E-state index contributed by atoms with van der Waals surface area (Å²) in [6.07, 6.45) is -1.43. The van der Waals surface area contributed by atoms with Gasteiger partial charge in [0.05, 0.1) is 5.41 Å². The Hall–Kier alpha value is -0.900. The zero-order valence-corrected chi connectivity index (χ0v) is 6.79. The second-order valence-corrected chi connectivity index (χ2v) is 3.04. The van der Waals surface area contributed by atoms with E-state index in [4.69, 9.17) is 10.2 Å². The first-order valence-electron chi connectivity index (χ1n) is 3.22. The summed E-state index contributed by atoms with van der Waals surface area (Å²) in [6.45, 7) is 3.78. The number of aliphatic carboxylic acids is 1. The van der Waals surface area contributed by atoms with Gasteiger partial charge in [-0.2, -0.15) is 0 Å². The first kappa shape index (κ1) is 10.1. The van der Waals surface area contributed by atoms with Crippen molar-refractivity contribution in [1.82, 2.24) is 0 Å². The Bertz CT molecular complexity index is 183. The van der Waals surface area contributed by atoms with E-state index in [9.17, 15) is 9.59 Å². The van der Waals surface area contributed by atoms with Gasteiger partial charge in [-0.1, -0.05) is 0 Å². The van der Waals surface area contributed by atoms with Crippen LogP contribution in [0.4, 0.5) is 0 Å². The fourth-order valence-electron chi connectivity index (χ4n) is 0.625. The minimum absolute atomic E-state index is 0.530. The molecular formula is C7H12O4. The van der Waals surface area contributed by atoms with Crippen LogP contribution in [0.3, 0.4) is 0 Å². The molecule has 0 aliphatic heterocycles. The lowest BCUT2D eigenvalue weighted by Gasteiger charge is -2.23. The van der Waals surface area contributed by atoms with Crippen molar-refractivity contribution in [2.75, 3.05) is 0 Å². The standard InChI is InChI=1S/C7H12O4/c1-4(8)5(9)7(2,3)6(10)11/h5,9H,1-3H3,(H,10,11)/t5-/m1/s1. The van der Waals surface area contributed by atoms with Crippen LogP contribution in [0, 0.1) is 5.41 Å². The van der Waals surface area contributed by atoms with Crippen molar-refractivity contribution in [1.29, 1.82) is 0 Å². The monoisotopic (exact) mass is 160 g/mol. The van der Waals surface area contributed by atoms with E-state index in [0.717, 1.165) is 6.92 Å². The molecule has 4 heteroatoms. The number of hydrogen-bond acceptors (Lipinski definition) is 3. The van der Waals surface area contributed by atoms with E-state index in [1.165, 1.54) is 13.8 Å². The molecule has 0 bridgehead atoms. The smallest absolute Gasteiger partial charge is 0.312 e. The Morgan fingerprint density at radius 3 is 1.82 bits per heavy atom. The zero-order chi connectivity index (χ0) is 9.23. The number of aliphatic hydroxyl groups excluding tert-OH is 1. The lowest BCUT2D eigenvalue weighted by atomic mass is 9.85. The van der Waals surface area contributed by atoms with Crippen LogP contribution in [-0.4, -0.2) is 28.1 Å². The molecule has 0 saturated carbocycles. The molecular weight excluding hydrogens is 148 g/mol. The topological polar surface area (TPSA) is 74.6 Å². The molecule has 0 saturated heterocycles. The highest BCUT2D eigenvalue weighted by Gasteiger charge is 2.38. The van der Waals surface area contributed by atoms with Gasteiger partial charge in [-0.3, -0.25) is 9.59 Å². The molecule has 0 heterocycles. The minimum atomic E-state index is -1.43. The third-order valence-electron chi connectivity index (χ3n) is 1.62. The van der Waals surface area contributed by atoms with E-state index < -0.39 is 23.3 Å². The maximum Gasteiger partial charge on any atom is 0.312 e. The molecule has 0 aromatic rings. The number of carboxylic acid groups (broad SMARTS) is 1. The number of carbonyl (C=O) groups excluding carboxylic acids is 1. The molecule has 0 spiro atoms. The van der Waals surface area contributed by atoms with E-state index in [0.29, 0.717) is 0 Å². The fourth-order valence-corrected chi connectivity index (χ4v) is 0.625. The summed E-state index contributed by atoms with van der Waals surface area (Å²) < 4.78 is 0. The molecule has 1 atom stereocenters. The molecule has 0 fully saturated rings. The van der Waals surface area contributed by atoms with Crippen molar-refractivity contribution in [3.05, 3.63) is 0 Å². The summed E-state index contributed by atoms with van der Waals surface area (Å²) in [5, 5.41) is 17.6. The van der Waals surface area contributed by atoms with E-state index in [1.54, 1.807) is 0 Å². The quantitative estimate of drug-likeness (QED) is 0.611. The summed E-state index contributed by atoms with van der Waals surface area (Å²) in [5.41, 5.74) is -1.40. The van der Waals surface area contributed by atoms with Crippen LogP contribution in [0.1, 0.15) is 20.8 Å². The van der Waals surface area contributed by atoms with Gasteiger partial charge in [0.15, 0.2) is 5.78 Å². The van der Waals surface area contributed by atoms with Gasteiger partial charge in [0.1, 0.15) is 6.10 Å². The molecule has 11 heavy (non-hydrogen) atoms. The third-order valence-corrected chi connectivity index (χ3v) is 1.62. The normalized spacial score (nSPS) is 14.2. The van der Waals surface area contributed by atoms with Gasteiger partial charge < -0.3 is 10.2 Å². The predicted octanol–water partition coefficient (Wildman–Crippen LogP) is 0.0471. The van der Waals surface area contributed by atoms with Crippen molar-refractivity contribution >= 4 is 11.8 Å². The molecule has 0 rings (SSSR count). The van der Waals surface area contributed by atoms with Gasteiger partial charge in [0, 0.05) is 0 Å². The molecule has 0 aliphatic carbocycles. The van der Waals surface area contributed by atoms with Crippen LogP contribution >= 0.6 is 0 Å². The highest BCUT2D eigenvalue weighted by molar-refractivity contribution is 5.88. The largest absolute Gasteiger partial charge is 0.481 e. The SMILES string of the molecule is CC(=O)[C@@H](O)C(C)(C)C(=O)O. The van der Waals surface area contributed by atoms with Gasteiger partial charge >= 0.3 is 5.97 Å². The number of Topliss-reactive ketones (excluding diaryl/α,β-unsaturated/α-hetero) is 1. The van der Waals surface area contributed by atoms with Gasteiger partial charge in [0.2, 0.25) is 0 Å². The van der Waals surface area contributed by atoms with Crippen LogP contribution < -0.4 is 0 Å². The van der Waals surface area contributed by atoms with Crippen molar-refractivity contribution < 1.29 is 19.8 Å². The molecule has 0 aromatic carbocycles. The molecule has 0 aliphatic rings. The lowest BCUT2D eigenvalue weighted by molar-refractivity contribution is -0.157. The Balaban J connectivity index is 4.55. The number of carbonyl (C=O) groups is 2. The van der Waals surface area contributed by atoms with E-state index >= 15 is 0 Å². The molecule has 0 radical (unpaired) electrons. The Labute approximate surface area is 64.8 Å². The zero-order valence-electron chi connectivity index (χ0n) is 6.79. The fraction of sp³-hybridized carbons (Fsp3) is 0.714. The minimum Gasteiger partial charge on any atom is -0.481 e. The summed E-state index contributed by atoms with van der Waals surface area (Å²) in [4.78, 5) is 21.0. The summed E-state index contributed by atoms with van der Waals surface area (Å²) in [7, 11) is 0. The first-order valence-corrected chi connectivity index (χ1v) is 3.22. The number of carboxylic acids is 1. The lowest BCUT2D eigenvalue weighted by Crippen LogP contribution is -2.41. The Morgan fingerprint density at radius 2 is 1.73 bits per heavy atom. The maximum atomic E-state index is 10.6. The van der Waals surface area contributed by atoms with Crippen LogP contribution in [0.5, 0.6) is 0 Å². The van der Waals surface area contributed by atoms with Crippen LogP contribution in [-0.2, 0) is 9.59 Å². The number of hydrogen-bond donors (Lipinski definition) is 2. The second-order valence-electron chi connectivity index (χ2n) is 3.04. The van der Waals surface area contributed by atoms with Crippen LogP contribution in [0.15, 0.2) is 0 Å². The highest BCUT2D eigenvalue weighted by Crippen LogP contribution is 2.21. The second kappa shape index (κ2) is 3.00. The average Bonchev–Trinajstić information content (AvgIpc) is 1.85. The van der Waals surface area contributed by atoms with Gasteiger partial charge in [-0.25, -0.2) is 0 Å². The summed E-state index contributed by atoms with van der Waals surface area (Å²) >= 11 is 0. The van der Waals surface area contributed by atoms with Crippen LogP contribution in [0.25, 0.3) is 0 Å². The maximum absolute atomic E-state index is 10.6. The molecule has 2 N–H and O–H groups in total. The predicted molar refractivity (Wildman–Crippen MR) is 38.1 cm³/mol. The molecule has 0 unspecified atom stereocenters. The molecule has 4 nitrogen and oxygen atoms in total. The van der Waals surface area contributed by atoms with Crippen LogP contribution in [0.2, 0.25) is 0 Å². The van der Waals surface area contributed by atoms with Crippen molar-refractivity contribution in [2.24, 2.45) is 5.41 Å². The highest BCUT2D eigenvalue weighted by atomic mass is 16.4. The van der Waals surface area contributed by atoms with Gasteiger partial charge in [-0.05, 0) is 20.8 Å². The average molecular weight is 160 g/mol. The van der Waals surface area contributed by atoms with Crippen molar-refractivity contribution in [3.8, 4) is 0 Å². The number of rotatable bonds is 3. The van der Waals surface area contributed by atoms with E-state index in [1.807, 2.05) is 0 Å². The summed E-state index contributed by atoms with van der Waals surface area (Å²) in [6, 6.07) is 0. The first-order chi connectivity index (χ1) is 4.80. The molecule has 0 amide bonds. The van der Waals surface area contributed by atoms with Crippen molar-refractivity contribution in [3.63, 3.8) is 0 Å². The van der Waals surface area contributed by atoms with E-state index in [-0.39, 0.29) is 0 Å². The third kappa shape index (κ3) is 2.01. The van der Waals surface area contributed by atoms with Gasteiger partial charge in [-0.15, -0.1) is 0 Å². The number of aliphatic hydroxyl groups is 1. The Kier molecular flexibility index (Phi) is 2.76. The van der Waals surface area contributed by atoms with E-state index in [2.05, 4.69) is 0 Å². The van der Waals surface area contributed by atoms with Gasteiger partial charge in [0.25, 0.3) is 0 Å². The molecule has 0 aromatic heterocycles. The Morgan fingerprint density at radius 1 is 1.36 bits per heavy atom. The van der Waals surface area contributed by atoms with Crippen molar-refractivity contribution in [2.45, 2.75) is 26.9 Å². The summed E-state index contributed by atoms with van der Waals surface area (Å²) in [5.74, 6) is -1.71. The number of ketones is 1. The molecule has 64 valence electrons.